The minimum absolute atomic E-state index is 0.0627. The number of hydrogen-bond donors (Lipinski definition) is 6. The molecular weight excluding hydrogens is 745 g/mol. The molecule has 2 fully saturated rings. The number of dihydropyridines is 1. The third-order valence-electron chi connectivity index (χ3n) is 11.2. The number of nitrogens with zero attached hydrogens (tertiary/aromatic N) is 6. The van der Waals surface area contributed by atoms with E-state index < -0.39 is 5.97 Å². The summed E-state index contributed by atoms with van der Waals surface area (Å²) in [6, 6.07) is 7.83. The largest absolute Gasteiger partial charge is 0.493 e. The van der Waals surface area contributed by atoms with Gasteiger partial charge in [0.2, 0.25) is 11.0 Å². The van der Waals surface area contributed by atoms with Gasteiger partial charge in [-0.15, -0.1) is 0 Å². The first-order valence-corrected chi connectivity index (χ1v) is 21.1. The van der Waals surface area contributed by atoms with Crippen LogP contribution in [0.25, 0.3) is 15.8 Å². The van der Waals surface area contributed by atoms with Crippen LogP contribution in [0, 0.1) is 35.5 Å². The Labute approximate surface area is 338 Å². The van der Waals surface area contributed by atoms with Crippen LogP contribution in [0.5, 0.6) is 0 Å². The zero-order valence-electron chi connectivity index (χ0n) is 33.3. The number of amidine groups is 2. The molecule has 3 aromatic rings. The maximum absolute atomic E-state index is 11.6. The van der Waals surface area contributed by atoms with Crippen molar-refractivity contribution < 1.29 is 15.0 Å². The lowest BCUT2D eigenvalue weighted by atomic mass is 9.59. The Morgan fingerprint density at radius 1 is 1.20 bits per heavy atom. The van der Waals surface area contributed by atoms with E-state index in [9.17, 15) is 9.90 Å². The SMILES string of the molecule is CC(=C/C(=N)N(C)C1=CC=C(c2cnn(CC3(C)CC4CC(C)CC(C4)C3)c2C)/C(=C(/O)NSCCN(C)CCC(=O)O)N1)/C(N)=N/c1nc2ccccc2s1. The predicted octanol–water partition coefficient (Wildman–Crippen LogP) is 7.40. The van der Waals surface area contributed by atoms with E-state index in [2.05, 4.69) is 45.5 Å². The van der Waals surface area contributed by atoms with E-state index in [-0.39, 0.29) is 29.4 Å². The fraction of sp³-hybridized carbons (Fsp3) is 0.488. The normalized spacial score (nSPS) is 23.7. The van der Waals surface area contributed by atoms with Crippen LogP contribution >= 0.6 is 23.3 Å². The standard InChI is InChI=1S/C41H56N10O3S2/c1-25-17-28-20-29(18-25)22-41(4,21-28)24-51-27(3)31(23-44-51)30-11-12-35(46-37(30)39(54)48-55-16-15-49(5)14-13-36(52)53)50(6)34(42)19-26(2)38(43)47-40-45-32-9-7-8-10-33(32)56-40/h7-12,19,23,25,28-29,42,46,48,54H,13-18,20-22,24H2,1-6H3,(H,52,53)(H2,43,45,47)/b26-19-,39-37-,42-34?. The average molecular weight is 801 g/mol. The lowest BCUT2D eigenvalue weighted by Gasteiger charge is -2.47. The molecule has 300 valence electrons. The minimum Gasteiger partial charge on any atom is -0.493 e. The van der Waals surface area contributed by atoms with Crippen molar-refractivity contribution in [1.82, 2.24) is 34.6 Å². The summed E-state index contributed by atoms with van der Waals surface area (Å²) in [6.45, 7) is 10.7. The highest BCUT2D eigenvalue weighted by Crippen LogP contribution is 2.51. The van der Waals surface area contributed by atoms with Crippen molar-refractivity contribution >= 4 is 61.8 Å². The van der Waals surface area contributed by atoms with Gasteiger partial charge >= 0.3 is 5.97 Å². The second-order valence-electron chi connectivity index (χ2n) is 16.2. The highest BCUT2D eigenvalue weighted by Gasteiger charge is 2.41. The van der Waals surface area contributed by atoms with E-state index in [4.69, 9.17) is 21.3 Å². The Morgan fingerprint density at radius 3 is 2.64 bits per heavy atom. The highest BCUT2D eigenvalue weighted by atomic mass is 32.2. The molecule has 1 aromatic carbocycles. The van der Waals surface area contributed by atoms with E-state index in [1.807, 2.05) is 61.5 Å². The van der Waals surface area contributed by atoms with Gasteiger partial charge in [-0.05, 0) is 124 Å². The molecule has 1 aliphatic heterocycles. The first kappa shape index (κ1) is 41.0. The van der Waals surface area contributed by atoms with Gasteiger partial charge in [-0.25, -0.2) is 9.98 Å². The number of carboxylic acids is 1. The zero-order valence-corrected chi connectivity index (χ0v) is 34.9. The molecule has 2 aliphatic carbocycles. The Kier molecular flexibility index (Phi) is 13.0. The molecule has 56 heavy (non-hydrogen) atoms. The maximum atomic E-state index is 11.6. The second-order valence-corrected chi connectivity index (χ2v) is 18.1. The van der Waals surface area contributed by atoms with Crippen LogP contribution in [-0.4, -0.2) is 85.4 Å². The number of nitrogens with two attached hydrogens (primary N) is 1. The smallest absolute Gasteiger partial charge is 0.304 e. The lowest BCUT2D eigenvalue weighted by Crippen LogP contribution is -2.38. The molecule has 0 radical (unpaired) electrons. The quantitative estimate of drug-likeness (QED) is 0.0297. The van der Waals surface area contributed by atoms with Gasteiger partial charge in [0.25, 0.3) is 0 Å². The second kappa shape index (κ2) is 17.7. The van der Waals surface area contributed by atoms with Gasteiger partial charge < -0.3 is 31.1 Å². The summed E-state index contributed by atoms with van der Waals surface area (Å²) in [5, 5.41) is 38.4. The molecule has 7 N–H and O–H groups in total. The summed E-state index contributed by atoms with van der Waals surface area (Å²) in [5.41, 5.74) is 11.2. The Morgan fingerprint density at radius 2 is 1.93 bits per heavy atom. The van der Waals surface area contributed by atoms with Gasteiger partial charge in [-0.3, -0.25) is 19.6 Å². The summed E-state index contributed by atoms with van der Waals surface area (Å²) in [4.78, 5) is 23.7. The van der Waals surface area contributed by atoms with Gasteiger partial charge in [-0.1, -0.05) is 37.3 Å². The van der Waals surface area contributed by atoms with E-state index >= 15 is 0 Å². The number of likely N-dealkylation sites (N-methyl/N-ethyl adjacent to an activating group) is 1. The number of fused-ring (bicyclic) bond motifs is 3. The number of aliphatic carboxylic acids is 1. The van der Waals surface area contributed by atoms with Crippen LogP contribution in [0.1, 0.15) is 70.6 Å². The van der Waals surface area contributed by atoms with Crippen molar-refractivity contribution in [2.45, 2.75) is 72.8 Å². The van der Waals surface area contributed by atoms with Crippen LogP contribution in [-0.2, 0) is 11.3 Å². The number of carboxylic acid groups (broad SMARTS) is 1. The van der Waals surface area contributed by atoms with Crippen molar-refractivity contribution in [2.24, 2.45) is 33.9 Å². The summed E-state index contributed by atoms with van der Waals surface area (Å²) < 4.78 is 6.26. The molecule has 0 amide bonds. The molecule has 2 aromatic heterocycles. The maximum Gasteiger partial charge on any atom is 0.304 e. The summed E-state index contributed by atoms with van der Waals surface area (Å²) in [5.74, 6) is 3.12. The first-order valence-electron chi connectivity index (χ1n) is 19.3. The number of allylic oxidation sites excluding steroid dienone is 3. The predicted molar refractivity (Wildman–Crippen MR) is 229 cm³/mol. The molecule has 0 spiro atoms. The van der Waals surface area contributed by atoms with E-state index in [1.165, 1.54) is 55.4 Å². The number of aromatic nitrogens is 3. The van der Waals surface area contributed by atoms with E-state index in [0.29, 0.717) is 41.1 Å². The number of nitrogens with one attached hydrogen (secondary N) is 3. The number of benzene rings is 1. The molecule has 2 saturated carbocycles. The van der Waals surface area contributed by atoms with Crippen molar-refractivity contribution in [3.05, 3.63) is 82.9 Å². The van der Waals surface area contributed by atoms with Gasteiger partial charge in [0.05, 0.1) is 22.8 Å². The minimum atomic E-state index is -0.829. The van der Waals surface area contributed by atoms with Crippen molar-refractivity contribution in [2.75, 3.05) is 32.9 Å². The van der Waals surface area contributed by atoms with E-state index in [1.54, 1.807) is 18.0 Å². The number of carbonyl (C=O) groups is 1. The van der Waals surface area contributed by atoms with Crippen molar-refractivity contribution in [1.29, 1.82) is 5.41 Å². The number of para-hydroxylation sites is 1. The van der Waals surface area contributed by atoms with E-state index in [0.717, 1.165) is 51.3 Å². The fourth-order valence-electron chi connectivity index (χ4n) is 8.53. The molecule has 15 heteroatoms. The highest BCUT2D eigenvalue weighted by molar-refractivity contribution is 7.97. The number of aliphatic hydroxyl groups is 1. The number of aliphatic imine (C=N–C) groups is 1. The lowest BCUT2D eigenvalue weighted by molar-refractivity contribution is -0.137. The van der Waals surface area contributed by atoms with Crippen molar-refractivity contribution in [3.63, 3.8) is 0 Å². The van der Waals surface area contributed by atoms with Crippen LogP contribution in [0.4, 0.5) is 5.13 Å². The van der Waals surface area contributed by atoms with Gasteiger partial charge in [0.1, 0.15) is 23.2 Å². The van der Waals surface area contributed by atoms with Crippen LogP contribution in [0.3, 0.4) is 0 Å². The molecule has 3 heterocycles. The third kappa shape index (κ3) is 10.0. The molecule has 2 unspecified atom stereocenters. The summed E-state index contributed by atoms with van der Waals surface area (Å²) >= 11 is 2.79. The number of aliphatic hydroxyl groups excluding tert-OH is 1. The molecule has 6 rings (SSSR count). The first-order chi connectivity index (χ1) is 26.7. The van der Waals surface area contributed by atoms with Crippen molar-refractivity contribution in [3.8, 4) is 0 Å². The molecule has 3 aliphatic rings. The van der Waals surface area contributed by atoms with Crippen LogP contribution < -0.4 is 15.8 Å². The topological polar surface area (TPSA) is 181 Å². The summed E-state index contributed by atoms with van der Waals surface area (Å²) in [7, 11) is 3.66. The van der Waals surface area contributed by atoms with Crippen LogP contribution in [0.2, 0.25) is 0 Å². The molecular formula is C41H56N10O3S2. The van der Waals surface area contributed by atoms with Crippen LogP contribution in [0.15, 0.2) is 76.7 Å². The Hall–Kier alpha value is -4.60. The molecule has 0 saturated heterocycles. The van der Waals surface area contributed by atoms with Gasteiger partial charge in [0, 0.05) is 49.3 Å². The Bertz CT molecular complexity index is 2050. The monoisotopic (exact) mass is 800 g/mol. The number of rotatable bonds is 15. The molecule has 2 atom stereocenters. The van der Waals surface area contributed by atoms with Gasteiger partial charge in [-0.2, -0.15) is 5.10 Å². The zero-order chi connectivity index (χ0) is 40.1. The summed E-state index contributed by atoms with van der Waals surface area (Å²) in [6.07, 6.45) is 13.9. The fourth-order valence-corrected chi connectivity index (χ4v) is 10.1. The van der Waals surface area contributed by atoms with Gasteiger partial charge in [0.15, 0.2) is 0 Å². The Balaban J connectivity index is 1.21. The number of thiazole rings is 1. The molecule has 13 nitrogen and oxygen atoms in total. The third-order valence-corrected chi connectivity index (χ3v) is 12.9. The number of hydrogen-bond acceptors (Lipinski definition) is 11. The molecule has 2 bridgehead atoms. The average Bonchev–Trinajstić information content (AvgIpc) is 3.72.